The van der Waals surface area contributed by atoms with E-state index in [0.29, 0.717) is 10.8 Å². The zero-order valence-corrected chi connectivity index (χ0v) is 15.4. The Morgan fingerprint density at radius 2 is 1.38 bits per heavy atom. The van der Waals surface area contributed by atoms with Crippen LogP contribution in [-0.4, -0.2) is 12.6 Å². The highest BCUT2D eigenvalue weighted by Crippen LogP contribution is 2.32. The lowest BCUT2D eigenvalue weighted by atomic mass is 9.75. The third-order valence-electron chi connectivity index (χ3n) is 4.01. The smallest absolute Gasteiger partial charge is 0.0127 e. The van der Waals surface area contributed by atoms with Crippen LogP contribution >= 0.6 is 0 Å². The highest BCUT2D eigenvalue weighted by Gasteiger charge is 2.27. The molecule has 1 N–H and O–H groups in total. The summed E-state index contributed by atoms with van der Waals surface area (Å²) < 4.78 is 0. The van der Waals surface area contributed by atoms with Gasteiger partial charge in [0.15, 0.2) is 0 Å². The molecule has 1 aromatic rings. The molecule has 0 amide bonds. The Bertz CT molecular complexity index is 449. The van der Waals surface area contributed by atoms with Crippen LogP contribution in [-0.2, 0) is 12.8 Å². The molecule has 0 radical (unpaired) electrons. The Kier molecular flexibility index (Phi) is 5.66. The van der Waals surface area contributed by atoms with Crippen LogP contribution in [0.2, 0.25) is 0 Å². The van der Waals surface area contributed by atoms with E-state index in [9.17, 15) is 0 Å². The SMILES string of the molecule is CNC(C)(C)CC(C)(C)Cc1cccc(CC(C)(C)C)c1. The summed E-state index contributed by atoms with van der Waals surface area (Å²) in [5.74, 6) is 0. The summed E-state index contributed by atoms with van der Waals surface area (Å²) in [6.45, 7) is 16.2. The molecule has 21 heavy (non-hydrogen) atoms. The van der Waals surface area contributed by atoms with Gasteiger partial charge in [-0.25, -0.2) is 0 Å². The second-order valence-electron chi connectivity index (χ2n) is 9.21. The Morgan fingerprint density at radius 1 is 0.857 bits per heavy atom. The highest BCUT2D eigenvalue weighted by molar-refractivity contribution is 5.25. The van der Waals surface area contributed by atoms with Crippen LogP contribution in [0.25, 0.3) is 0 Å². The summed E-state index contributed by atoms with van der Waals surface area (Å²) in [5, 5.41) is 3.43. The third kappa shape index (κ3) is 7.13. The first-order valence-electron chi connectivity index (χ1n) is 8.19. The van der Waals surface area contributed by atoms with Crippen molar-refractivity contribution in [2.24, 2.45) is 10.8 Å². The van der Waals surface area contributed by atoms with Crippen molar-refractivity contribution in [3.05, 3.63) is 35.4 Å². The van der Waals surface area contributed by atoms with Gasteiger partial charge in [-0.15, -0.1) is 0 Å². The van der Waals surface area contributed by atoms with Crippen LogP contribution in [0.4, 0.5) is 0 Å². The molecule has 0 atom stereocenters. The van der Waals surface area contributed by atoms with E-state index >= 15 is 0 Å². The van der Waals surface area contributed by atoms with Crippen LogP contribution in [0, 0.1) is 10.8 Å². The number of rotatable bonds is 6. The van der Waals surface area contributed by atoms with Gasteiger partial charge in [0.25, 0.3) is 0 Å². The Morgan fingerprint density at radius 3 is 1.86 bits per heavy atom. The van der Waals surface area contributed by atoms with E-state index in [4.69, 9.17) is 0 Å². The maximum atomic E-state index is 3.43. The van der Waals surface area contributed by atoms with Crippen molar-refractivity contribution in [1.29, 1.82) is 0 Å². The number of hydrogen-bond donors (Lipinski definition) is 1. The largest absolute Gasteiger partial charge is 0.315 e. The zero-order chi connectivity index (χ0) is 16.3. The van der Waals surface area contributed by atoms with Gasteiger partial charge < -0.3 is 5.32 Å². The van der Waals surface area contributed by atoms with Gasteiger partial charge in [-0.1, -0.05) is 58.9 Å². The predicted octanol–water partition coefficient (Wildman–Crippen LogP) is 5.23. The minimum absolute atomic E-state index is 0.187. The molecule has 0 saturated carbocycles. The molecule has 1 aromatic carbocycles. The molecular formula is C20H35N. The molecule has 1 nitrogen and oxygen atoms in total. The minimum Gasteiger partial charge on any atom is -0.315 e. The predicted molar refractivity (Wildman–Crippen MR) is 94.8 cm³/mol. The van der Waals surface area contributed by atoms with Crippen molar-refractivity contribution in [3.63, 3.8) is 0 Å². The Hall–Kier alpha value is -0.820. The average molecular weight is 290 g/mol. The minimum atomic E-state index is 0.187. The quantitative estimate of drug-likeness (QED) is 0.756. The van der Waals surface area contributed by atoms with E-state index in [1.807, 2.05) is 0 Å². The Labute approximate surface area is 132 Å². The van der Waals surface area contributed by atoms with Crippen molar-refractivity contribution in [2.75, 3.05) is 7.05 Å². The summed E-state index contributed by atoms with van der Waals surface area (Å²) >= 11 is 0. The van der Waals surface area contributed by atoms with E-state index < -0.39 is 0 Å². The molecule has 0 unspecified atom stereocenters. The van der Waals surface area contributed by atoms with Crippen LogP contribution < -0.4 is 5.32 Å². The van der Waals surface area contributed by atoms with Gasteiger partial charge in [-0.3, -0.25) is 0 Å². The topological polar surface area (TPSA) is 12.0 Å². The van der Waals surface area contributed by atoms with Crippen LogP contribution in [0.1, 0.15) is 66.0 Å². The van der Waals surface area contributed by atoms with Gasteiger partial charge in [0, 0.05) is 5.54 Å². The van der Waals surface area contributed by atoms with E-state index in [0.717, 1.165) is 12.8 Å². The van der Waals surface area contributed by atoms with E-state index in [1.165, 1.54) is 17.5 Å². The van der Waals surface area contributed by atoms with Gasteiger partial charge >= 0.3 is 0 Å². The molecule has 120 valence electrons. The fourth-order valence-corrected chi connectivity index (χ4v) is 3.36. The van der Waals surface area contributed by atoms with Gasteiger partial charge in [-0.2, -0.15) is 0 Å². The van der Waals surface area contributed by atoms with Gasteiger partial charge in [0.2, 0.25) is 0 Å². The zero-order valence-electron chi connectivity index (χ0n) is 15.4. The van der Waals surface area contributed by atoms with Crippen LogP contribution in [0.3, 0.4) is 0 Å². The summed E-state index contributed by atoms with van der Waals surface area (Å²) in [5.41, 5.74) is 3.76. The molecular weight excluding hydrogens is 254 g/mol. The van der Waals surface area contributed by atoms with Crippen molar-refractivity contribution in [3.8, 4) is 0 Å². The Balaban J connectivity index is 2.80. The molecule has 0 aliphatic carbocycles. The first-order valence-corrected chi connectivity index (χ1v) is 8.19. The summed E-state index contributed by atoms with van der Waals surface area (Å²) in [4.78, 5) is 0. The fraction of sp³-hybridized carbons (Fsp3) is 0.700. The lowest BCUT2D eigenvalue weighted by molar-refractivity contribution is 0.230. The average Bonchev–Trinajstić information content (AvgIpc) is 2.24. The lowest BCUT2D eigenvalue weighted by Gasteiger charge is -2.35. The highest BCUT2D eigenvalue weighted by atomic mass is 14.9. The second-order valence-corrected chi connectivity index (χ2v) is 9.21. The number of benzene rings is 1. The number of nitrogens with one attached hydrogen (secondary N) is 1. The molecule has 0 fully saturated rings. The molecule has 1 heteroatoms. The van der Waals surface area contributed by atoms with E-state index in [-0.39, 0.29) is 5.54 Å². The maximum absolute atomic E-state index is 3.43. The normalized spacial score (nSPS) is 13.5. The molecule has 0 aromatic heterocycles. The molecule has 1 rings (SSSR count). The van der Waals surface area contributed by atoms with E-state index in [2.05, 4.69) is 85.1 Å². The molecule has 0 bridgehead atoms. The lowest BCUT2D eigenvalue weighted by Crippen LogP contribution is -2.41. The number of hydrogen-bond acceptors (Lipinski definition) is 1. The maximum Gasteiger partial charge on any atom is 0.0127 e. The molecule has 0 heterocycles. The summed E-state index contributed by atoms with van der Waals surface area (Å²) in [6.07, 6.45) is 3.44. The third-order valence-corrected chi connectivity index (χ3v) is 4.01. The monoisotopic (exact) mass is 289 g/mol. The molecule has 0 spiro atoms. The van der Waals surface area contributed by atoms with Crippen molar-refractivity contribution >= 4 is 0 Å². The molecule has 0 saturated heterocycles. The van der Waals surface area contributed by atoms with Crippen LogP contribution in [0.5, 0.6) is 0 Å². The first kappa shape index (κ1) is 18.2. The summed E-state index contributed by atoms with van der Waals surface area (Å²) in [7, 11) is 2.06. The van der Waals surface area contributed by atoms with Gasteiger partial charge in [0.05, 0.1) is 0 Å². The molecule has 0 aliphatic heterocycles. The van der Waals surface area contributed by atoms with E-state index in [1.54, 1.807) is 0 Å². The van der Waals surface area contributed by atoms with Crippen molar-refractivity contribution < 1.29 is 0 Å². The standard InChI is InChI=1S/C20H35N/c1-18(2,3)13-16-10-9-11-17(12-16)14-19(4,5)15-20(6,7)21-8/h9-12,21H,13-15H2,1-8H3. The van der Waals surface area contributed by atoms with Gasteiger partial charge in [-0.05, 0) is 62.1 Å². The fourth-order valence-electron chi connectivity index (χ4n) is 3.36. The van der Waals surface area contributed by atoms with Gasteiger partial charge in [0.1, 0.15) is 0 Å². The van der Waals surface area contributed by atoms with Crippen LogP contribution in [0.15, 0.2) is 24.3 Å². The van der Waals surface area contributed by atoms with Crippen molar-refractivity contribution in [2.45, 2.75) is 73.3 Å². The van der Waals surface area contributed by atoms with Crippen molar-refractivity contribution in [1.82, 2.24) is 5.32 Å². The molecule has 0 aliphatic rings. The first-order chi connectivity index (χ1) is 9.42. The second kappa shape index (κ2) is 6.52. The summed E-state index contributed by atoms with van der Waals surface area (Å²) in [6, 6.07) is 9.16.